The Kier molecular flexibility index (Phi) is 6.32. The van der Waals surface area contributed by atoms with Crippen LogP contribution in [0.15, 0.2) is 97.2 Å². The molecule has 6 heteroatoms. The highest BCUT2D eigenvalue weighted by molar-refractivity contribution is 6.30. The number of nitrogens with zero attached hydrogens (tertiary/aromatic N) is 3. The monoisotopic (exact) mass is 523 g/mol. The van der Waals surface area contributed by atoms with Crippen LogP contribution in [0.25, 0.3) is 5.69 Å². The van der Waals surface area contributed by atoms with Gasteiger partial charge >= 0.3 is 0 Å². The number of fused-ring (bicyclic) bond motifs is 3. The van der Waals surface area contributed by atoms with Crippen LogP contribution < -0.4 is 4.90 Å². The molecule has 2 heterocycles. The van der Waals surface area contributed by atoms with Gasteiger partial charge in [-0.3, -0.25) is 14.5 Å². The summed E-state index contributed by atoms with van der Waals surface area (Å²) in [6.07, 6.45) is 2.85. The predicted octanol–water partition coefficient (Wildman–Crippen LogP) is 6.61. The van der Waals surface area contributed by atoms with Gasteiger partial charge in [0.15, 0.2) is 0 Å². The Balaban J connectivity index is 1.34. The van der Waals surface area contributed by atoms with E-state index in [1.165, 1.54) is 5.56 Å². The summed E-state index contributed by atoms with van der Waals surface area (Å²) >= 11 is 6.40. The van der Waals surface area contributed by atoms with Crippen LogP contribution in [0.2, 0.25) is 5.02 Å². The summed E-state index contributed by atoms with van der Waals surface area (Å²) in [6.45, 7) is 3.98. The minimum Gasteiger partial charge on any atom is -0.331 e. The van der Waals surface area contributed by atoms with Gasteiger partial charge in [0.1, 0.15) is 12.6 Å². The average molecular weight is 524 g/mol. The zero-order valence-electron chi connectivity index (χ0n) is 21.5. The fourth-order valence-electron chi connectivity index (χ4n) is 5.74. The molecule has 4 aromatic rings. The van der Waals surface area contributed by atoms with Crippen LogP contribution in [0.5, 0.6) is 0 Å². The second-order valence-electron chi connectivity index (χ2n) is 10.4. The Hall–Kier alpha value is -3.83. The van der Waals surface area contributed by atoms with E-state index in [2.05, 4.69) is 16.7 Å². The van der Waals surface area contributed by atoms with Crippen molar-refractivity contribution in [1.29, 1.82) is 0 Å². The first-order chi connectivity index (χ1) is 18.4. The fraction of sp³-hybridized carbons (Fsp3) is 0.250. The fourth-order valence-corrected chi connectivity index (χ4v) is 5.94. The molecule has 2 unspecified atom stereocenters. The lowest BCUT2D eigenvalue weighted by Gasteiger charge is -2.40. The Bertz CT molecular complexity index is 1500. The maximum Gasteiger partial charge on any atom is 0.247 e. The molecule has 0 spiro atoms. The van der Waals surface area contributed by atoms with E-state index >= 15 is 0 Å². The summed E-state index contributed by atoms with van der Waals surface area (Å²) in [4.78, 5) is 31.5. The van der Waals surface area contributed by atoms with Crippen molar-refractivity contribution in [1.82, 2.24) is 9.47 Å². The van der Waals surface area contributed by atoms with Gasteiger partial charge < -0.3 is 9.47 Å². The Morgan fingerprint density at radius 2 is 1.61 bits per heavy atom. The first kappa shape index (κ1) is 24.5. The van der Waals surface area contributed by atoms with Gasteiger partial charge in [0.25, 0.3) is 0 Å². The number of amides is 2. The summed E-state index contributed by atoms with van der Waals surface area (Å²) in [5.41, 5.74) is 4.85. The van der Waals surface area contributed by atoms with Crippen LogP contribution in [-0.4, -0.2) is 33.9 Å². The van der Waals surface area contributed by atoms with E-state index in [1.54, 1.807) is 4.90 Å². The molecule has 1 aliphatic carbocycles. The van der Waals surface area contributed by atoms with Crippen LogP contribution in [0.1, 0.15) is 49.0 Å². The highest BCUT2D eigenvalue weighted by Crippen LogP contribution is 2.49. The molecular weight excluding hydrogens is 494 g/mol. The van der Waals surface area contributed by atoms with Gasteiger partial charge in [-0.05, 0) is 73.7 Å². The zero-order valence-corrected chi connectivity index (χ0v) is 22.3. The first-order valence-electron chi connectivity index (χ1n) is 13.1. The van der Waals surface area contributed by atoms with Crippen molar-refractivity contribution in [2.45, 2.75) is 38.3 Å². The van der Waals surface area contributed by atoms with Gasteiger partial charge in [0.2, 0.25) is 11.8 Å². The quantitative estimate of drug-likeness (QED) is 0.285. The highest BCUT2D eigenvalue weighted by atomic mass is 35.5. The van der Waals surface area contributed by atoms with Gasteiger partial charge in [-0.1, -0.05) is 66.2 Å². The smallest absolute Gasteiger partial charge is 0.247 e. The average Bonchev–Trinajstić information content (AvgIpc) is 3.58. The SMILES string of the molecule is CC(C)N(CC(=O)N1c2ccccc2-n2cccc2C1c1cccc(Cl)c1)C(=O)C1C[C@H]1c1ccccc1. The molecule has 6 rings (SSSR count). The standard InChI is InChI=1S/C32H30ClN3O2/c1-21(2)35(32(38)26-19-25(26)22-10-4-3-5-11-22)20-30(37)36-28-15-7-6-14-27(28)34-17-9-16-29(34)31(36)23-12-8-13-24(33)18-23/h3-18,21,25-26,31H,19-20H2,1-2H3/t25-,26?,31?/m0/s1. The molecule has 5 nitrogen and oxygen atoms in total. The number of carbonyl (C=O) groups excluding carboxylic acids is 2. The number of carbonyl (C=O) groups is 2. The van der Waals surface area contributed by atoms with E-state index < -0.39 is 0 Å². The molecule has 38 heavy (non-hydrogen) atoms. The minimum absolute atomic E-state index is 0.0145. The molecule has 1 saturated carbocycles. The number of rotatable bonds is 6. The van der Waals surface area contributed by atoms with Crippen LogP contribution in [0.4, 0.5) is 5.69 Å². The van der Waals surface area contributed by atoms with Gasteiger partial charge in [0, 0.05) is 23.2 Å². The lowest BCUT2D eigenvalue weighted by Crippen LogP contribution is -2.49. The third kappa shape index (κ3) is 4.31. The largest absolute Gasteiger partial charge is 0.331 e. The van der Waals surface area contributed by atoms with Crippen molar-refractivity contribution < 1.29 is 9.59 Å². The van der Waals surface area contributed by atoms with E-state index in [9.17, 15) is 9.59 Å². The Morgan fingerprint density at radius 3 is 2.34 bits per heavy atom. The van der Waals surface area contributed by atoms with Crippen molar-refractivity contribution in [3.63, 3.8) is 0 Å². The van der Waals surface area contributed by atoms with E-state index in [0.29, 0.717) is 5.02 Å². The number of benzene rings is 3. The van der Waals surface area contributed by atoms with Gasteiger partial charge in [-0.25, -0.2) is 0 Å². The van der Waals surface area contributed by atoms with E-state index in [0.717, 1.165) is 29.1 Å². The number of hydrogen-bond donors (Lipinski definition) is 0. The summed E-state index contributed by atoms with van der Waals surface area (Å²) < 4.78 is 2.13. The Labute approximate surface area is 228 Å². The lowest BCUT2D eigenvalue weighted by atomic mass is 9.97. The molecule has 192 valence electrons. The van der Waals surface area contributed by atoms with Crippen molar-refractivity contribution in [2.75, 3.05) is 11.4 Å². The molecule has 1 aromatic heterocycles. The van der Waals surface area contributed by atoms with Crippen LogP contribution in [0.3, 0.4) is 0 Å². The maximum atomic E-state index is 14.3. The van der Waals surface area contributed by atoms with Crippen molar-refractivity contribution in [3.05, 3.63) is 119 Å². The predicted molar refractivity (Wildman–Crippen MR) is 151 cm³/mol. The van der Waals surface area contributed by atoms with Crippen molar-refractivity contribution in [2.24, 2.45) is 5.92 Å². The summed E-state index contributed by atoms with van der Waals surface area (Å²) in [7, 11) is 0. The third-order valence-corrected chi connectivity index (χ3v) is 7.94. The molecule has 0 radical (unpaired) electrons. The molecule has 0 N–H and O–H groups in total. The number of halogens is 1. The molecule has 3 atom stereocenters. The van der Waals surface area contributed by atoms with Crippen LogP contribution >= 0.6 is 11.6 Å². The normalized spacial score (nSPS) is 19.6. The van der Waals surface area contributed by atoms with E-state index in [4.69, 9.17) is 11.6 Å². The molecule has 3 aromatic carbocycles. The first-order valence-corrected chi connectivity index (χ1v) is 13.5. The number of aromatic nitrogens is 1. The Morgan fingerprint density at radius 1 is 0.895 bits per heavy atom. The summed E-state index contributed by atoms with van der Waals surface area (Å²) in [6, 6.07) is 29.3. The van der Waals surface area contributed by atoms with Crippen molar-refractivity contribution >= 4 is 29.1 Å². The number of para-hydroxylation sites is 2. The molecule has 0 saturated heterocycles. The van der Waals surface area contributed by atoms with Crippen molar-refractivity contribution in [3.8, 4) is 5.69 Å². The second-order valence-corrected chi connectivity index (χ2v) is 10.9. The lowest BCUT2D eigenvalue weighted by molar-refractivity contribution is -0.138. The van der Waals surface area contributed by atoms with Gasteiger partial charge in [0.05, 0.1) is 17.1 Å². The van der Waals surface area contributed by atoms with E-state index in [-0.39, 0.29) is 42.3 Å². The van der Waals surface area contributed by atoms with Gasteiger partial charge in [-0.2, -0.15) is 0 Å². The minimum atomic E-state index is -0.367. The maximum absolute atomic E-state index is 14.3. The molecule has 2 aliphatic rings. The second kappa shape index (κ2) is 9.80. The van der Waals surface area contributed by atoms with E-state index in [1.807, 2.05) is 104 Å². The molecule has 2 amide bonds. The van der Waals surface area contributed by atoms with Gasteiger partial charge in [-0.15, -0.1) is 0 Å². The summed E-state index contributed by atoms with van der Waals surface area (Å²) in [5, 5.41) is 0.617. The number of anilines is 1. The highest BCUT2D eigenvalue weighted by Gasteiger charge is 2.47. The van der Waals surface area contributed by atoms with Crippen LogP contribution in [-0.2, 0) is 9.59 Å². The molecule has 1 fully saturated rings. The topological polar surface area (TPSA) is 45.6 Å². The number of hydrogen-bond acceptors (Lipinski definition) is 2. The summed E-state index contributed by atoms with van der Waals surface area (Å²) in [5.74, 6) is 0.0736. The zero-order chi connectivity index (χ0) is 26.4. The molecule has 0 bridgehead atoms. The molecule has 1 aliphatic heterocycles. The third-order valence-electron chi connectivity index (χ3n) is 7.70. The molecular formula is C32H30ClN3O2. The van der Waals surface area contributed by atoms with Crippen LogP contribution in [0, 0.1) is 5.92 Å².